The van der Waals surface area contributed by atoms with Crippen LogP contribution in [-0.4, -0.2) is 32.2 Å². The van der Waals surface area contributed by atoms with E-state index in [1.807, 2.05) is 12.1 Å². The summed E-state index contributed by atoms with van der Waals surface area (Å²) in [6.07, 6.45) is 3.44. The third kappa shape index (κ3) is 3.70. The van der Waals surface area contributed by atoms with Gasteiger partial charge >= 0.3 is 0 Å². The maximum Gasteiger partial charge on any atom is 0.253 e. The van der Waals surface area contributed by atoms with Gasteiger partial charge in [0, 0.05) is 31.6 Å². The Balaban J connectivity index is 1.96. The van der Waals surface area contributed by atoms with Gasteiger partial charge in [-0.1, -0.05) is 0 Å². The number of anilines is 2. The molecule has 0 aromatic heterocycles. The van der Waals surface area contributed by atoms with E-state index in [4.69, 9.17) is 4.74 Å². The number of nitrogens with one attached hydrogen (secondary N) is 1. The van der Waals surface area contributed by atoms with Crippen molar-refractivity contribution >= 4 is 17.3 Å². The van der Waals surface area contributed by atoms with Crippen molar-refractivity contribution in [2.75, 3.05) is 30.4 Å². The molecular weight excluding hydrogens is 240 g/mol. The van der Waals surface area contributed by atoms with E-state index in [-0.39, 0.29) is 5.91 Å². The topological polar surface area (TPSA) is 41.6 Å². The Kier molecular flexibility index (Phi) is 4.80. The molecule has 1 amide bonds. The molecule has 0 bridgehead atoms. The summed E-state index contributed by atoms with van der Waals surface area (Å²) in [5, 5.41) is 2.84. The molecule has 1 unspecified atom stereocenters. The quantitative estimate of drug-likeness (QED) is 0.907. The minimum atomic E-state index is -0.429. The highest BCUT2D eigenvalue weighted by Gasteiger charge is 2.13. The van der Waals surface area contributed by atoms with E-state index in [0.717, 1.165) is 18.8 Å². The number of ether oxygens (including phenoxy) is 1. The molecule has 1 atom stereocenters. The molecule has 1 aliphatic heterocycles. The van der Waals surface area contributed by atoms with Gasteiger partial charge in [-0.3, -0.25) is 4.79 Å². The molecule has 1 aromatic carbocycles. The summed E-state index contributed by atoms with van der Waals surface area (Å²) in [5.74, 6) is -0.117. The van der Waals surface area contributed by atoms with Crippen molar-refractivity contribution in [3.63, 3.8) is 0 Å². The highest BCUT2D eigenvalue weighted by molar-refractivity contribution is 5.94. The third-order valence-corrected chi connectivity index (χ3v) is 3.58. The van der Waals surface area contributed by atoms with Crippen molar-refractivity contribution in [3.8, 4) is 0 Å². The summed E-state index contributed by atoms with van der Waals surface area (Å²) in [6.45, 7) is 4.00. The van der Waals surface area contributed by atoms with E-state index < -0.39 is 6.10 Å². The summed E-state index contributed by atoms with van der Waals surface area (Å²) in [7, 11) is 1.53. The molecule has 104 valence electrons. The lowest BCUT2D eigenvalue weighted by Gasteiger charge is -2.28. The lowest BCUT2D eigenvalue weighted by atomic mass is 10.1. The second-order valence-electron chi connectivity index (χ2n) is 4.96. The van der Waals surface area contributed by atoms with Gasteiger partial charge in [-0.2, -0.15) is 0 Å². The van der Waals surface area contributed by atoms with E-state index in [9.17, 15) is 4.79 Å². The number of nitrogens with zero attached hydrogens (tertiary/aromatic N) is 1. The van der Waals surface area contributed by atoms with Crippen LogP contribution in [0.5, 0.6) is 0 Å². The zero-order chi connectivity index (χ0) is 13.7. The Bertz CT molecular complexity index is 411. The molecule has 0 spiro atoms. The number of piperidine rings is 1. The molecule has 19 heavy (non-hydrogen) atoms. The maximum atomic E-state index is 11.7. The van der Waals surface area contributed by atoms with Crippen molar-refractivity contribution in [3.05, 3.63) is 24.3 Å². The average Bonchev–Trinajstić information content (AvgIpc) is 2.48. The van der Waals surface area contributed by atoms with Crippen LogP contribution in [0.4, 0.5) is 11.4 Å². The highest BCUT2D eigenvalue weighted by Crippen LogP contribution is 2.21. The number of rotatable bonds is 4. The number of carbonyl (C=O) groups excluding carboxylic acids is 1. The van der Waals surface area contributed by atoms with E-state index in [2.05, 4.69) is 22.3 Å². The molecule has 1 heterocycles. The minimum Gasteiger partial charge on any atom is -0.372 e. The molecule has 1 aliphatic rings. The molecule has 2 rings (SSSR count). The van der Waals surface area contributed by atoms with Crippen LogP contribution in [0.2, 0.25) is 0 Å². The fraction of sp³-hybridized carbons (Fsp3) is 0.533. The predicted octanol–water partition coefficient (Wildman–Crippen LogP) is 2.65. The molecule has 1 saturated heterocycles. The number of carbonyl (C=O) groups is 1. The minimum absolute atomic E-state index is 0.117. The first-order chi connectivity index (χ1) is 9.20. The molecular formula is C15H22N2O2. The number of hydrogen-bond acceptors (Lipinski definition) is 3. The van der Waals surface area contributed by atoms with Crippen LogP contribution in [0.3, 0.4) is 0 Å². The van der Waals surface area contributed by atoms with Gasteiger partial charge < -0.3 is 15.0 Å². The van der Waals surface area contributed by atoms with Crippen molar-refractivity contribution in [2.45, 2.75) is 32.3 Å². The van der Waals surface area contributed by atoms with Gasteiger partial charge in [0.2, 0.25) is 0 Å². The van der Waals surface area contributed by atoms with Crippen LogP contribution in [0, 0.1) is 0 Å². The zero-order valence-corrected chi connectivity index (χ0v) is 11.7. The third-order valence-electron chi connectivity index (χ3n) is 3.58. The number of methoxy groups -OCH3 is 1. The Labute approximate surface area is 114 Å². The number of amides is 1. The van der Waals surface area contributed by atoms with E-state index in [1.165, 1.54) is 32.1 Å². The maximum absolute atomic E-state index is 11.7. The molecule has 0 aliphatic carbocycles. The molecule has 1 N–H and O–H groups in total. The van der Waals surface area contributed by atoms with E-state index in [0.29, 0.717) is 0 Å². The first-order valence-electron chi connectivity index (χ1n) is 6.89. The van der Waals surface area contributed by atoms with Gasteiger partial charge in [0.15, 0.2) is 0 Å². The number of hydrogen-bond donors (Lipinski definition) is 1. The predicted molar refractivity (Wildman–Crippen MR) is 77.6 cm³/mol. The first-order valence-corrected chi connectivity index (χ1v) is 6.89. The highest BCUT2D eigenvalue weighted by atomic mass is 16.5. The van der Waals surface area contributed by atoms with Gasteiger partial charge in [-0.15, -0.1) is 0 Å². The van der Waals surface area contributed by atoms with Crippen molar-refractivity contribution in [1.82, 2.24) is 0 Å². The van der Waals surface area contributed by atoms with Gasteiger partial charge in [0.25, 0.3) is 5.91 Å². The van der Waals surface area contributed by atoms with Gasteiger partial charge in [0.05, 0.1) is 0 Å². The standard InChI is InChI=1S/C15H22N2O2/c1-12(19-2)15(18)16-13-6-8-14(9-7-13)17-10-4-3-5-11-17/h6-9,12H,3-5,10-11H2,1-2H3,(H,16,18). The summed E-state index contributed by atoms with van der Waals surface area (Å²) in [6, 6.07) is 8.03. The van der Waals surface area contributed by atoms with Gasteiger partial charge in [-0.05, 0) is 50.5 Å². The molecule has 4 nitrogen and oxygen atoms in total. The van der Waals surface area contributed by atoms with Gasteiger partial charge in [-0.25, -0.2) is 0 Å². The second-order valence-corrected chi connectivity index (χ2v) is 4.96. The molecule has 1 fully saturated rings. The van der Waals surface area contributed by atoms with Crippen LogP contribution < -0.4 is 10.2 Å². The Hall–Kier alpha value is -1.55. The fourth-order valence-corrected chi connectivity index (χ4v) is 2.26. The van der Waals surface area contributed by atoms with Crippen molar-refractivity contribution < 1.29 is 9.53 Å². The first kappa shape index (κ1) is 13.9. The average molecular weight is 262 g/mol. The molecule has 1 aromatic rings. The molecule has 0 radical (unpaired) electrons. The van der Waals surface area contributed by atoms with Crippen LogP contribution in [-0.2, 0) is 9.53 Å². The number of benzene rings is 1. The van der Waals surface area contributed by atoms with E-state index in [1.54, 1.807) is 6.92 Å². The Morgan fingerprint density at radius 2 is 1.84 bits per heavy atom. The van der Waals surface area contributed by atoms with Crippen LogP contribution in [0.1, 0.15) is 26.2 Å². The monoisotopic (exact) mass is 262 g/mol. The lowest BCUT2D eigenvalue weighted by molar-refractivity contribution is -0.124. The fourth-order valence-electron chi connectivity index (χ4n) is 2.26. The summed E-state index contributed by atoms with van der Waals surface area (Å²) in [5.41, 5.74) is 2.05. The smallest absolute Gasteiger partial charge is 0.253 e. The van der Waals surface area contributed by atoms with Gasteiger partial charge in [0.1, 0.15) is 6.10 Å². The zero-order valence-electron chi connectivity index (χ0n) is 11.7. The molecule has 4 heteroatoms. The Morgan fingerprint density at radius 3 is 2.42 bits per heavy atom. The lowest BCUT2D eigenvalue weighted by Crippen LogP contribution is -2.29. The summed E-state index contributed by atoms with van der Waals surface area (Å²) >= 11 is 0. The summed E-state index contributed by atoms with van der Waals surface area (Å²) in [4.78, 5) is 14.1. The van der Waals surface area contributed by atoms with Crippen molar-refractivity contribution in [2.24, 2.45) is 0 Å². The van der Waals surface area contributed by atoms with E-state index >= 15 is 0 Å². The molecule has 0 saturated carbocycles. The largest absolute Gasteiger partial charge is 0.372 e. The van der Waals surface area contributed by atoms with Crippen LogP contribution in [0.15, 0.2) is 24.3 Å². The SMILES string of the molecule is COC(C)C(=O)Nc1ccc(N2CCCCC2)cc1. The van der Waals surface area contributed by atoms with Crippen LogP contribution >= 0.6 is 0 Å². The van der Waals surface area contributed by atoms with Crippen molar-refractivity contribution in [1.29, 1.82) is 0 Å². The Morgan fingerprint density at radius 1 is 1.21 bits per heavy atom. The van der Waals surface area contributed by atoms with Crippen LogP contribution in [0.25, 0.3) is 0 Å². The normalized spacial score (nSPS) is 17.1. The second kappa shape index (κ2) is 6.57. The summed E-state index contributed by atoms with van der Waals surface area (Å²) < 4.78 is 4.98.